The lowest BCUT2D eigenvalue weighted by Crippen LogP contribution is -2.13. The van der Waals surface area contributed by atoms with E-state index in [4.69, 9.17) is 16.0 Å². The van der Waals surface area contributed by atoms with Gasteiger partial charge in [-0.05, 0) is 144 Å². The van der Waals surface area contributed by atoms with Gasteiger partial charge in [-0.25, -0.2) is 24.8 Å². The number of alkyl halides is 3. The first-order valence-electron chi connectivity index (χ1n) is 29.1. The van der Waals surface area contributed by atoms with Crippen LogP contribution < -0.4 is 25.4 Å². The zero-order chi connectivity index (χ0) is 66.6. The maximum absolute atomic E-state index is 13.1. The molecule has 482 valence electrons. The Morgan fingerprint density at radius 1 is 0.521 bits per heavy atom. The summed E-state index contributed by atoms with van der Waals surface area (Å²) in [5.74, 6) is 2.13. The number of nitrogens with one attached hydrogen (secondary N) is 3. The molecule has 3 amide bonds. The Kier molecular flexibility index (Phi) is 24.1. The van der Waals surface area contributed by atoms with E-state index in [2.05, 4.69) is 71.3 Å². The van der Waals surface area contributed by atoms with Crippen LogP contribution in [0.3, 0.4) is 0 Å². The number of hydrogen-bond donors (Lipinski definition) is 4. The number of carbonyl (C=O) groups is 3. The molecule has 0 radical (unpaired) electrons. The number of rotatable bonds is 17. The van der Waals surface area contributed by atoms with E-state index in [1.807, 2.05) is 124 Å². The number of carbonyl (C=O) groups excluding carboxylic acids is 3. The van der Waals surface area contributed by atoms with Gasteiger partial charge in [-0.1, -0.05) is 88.0 Å². The summed E-state index contributed by atoms with van der Waals surface area (Å²) in [6.07, 6.45) is 0.177. The molecule has 0 saturated carbocycles. The maximum Gasteiger partial charge on any atom is 0.432 e. The molecule has 7 heterocycles. The average molecular weight is 1280 g/mol. The van der Waals surface area contributed by atoms with E-state index in [1.54, 1.807) is 85.7 Å². The Labute approximate surface area is 540 Å². The fourth-order valence-corrected chi connectivity index (χ4v) is 8.55. The van der Waals surface area contributed by atoms with E-state index >= 15 is 0 Å². The number of halogens is 3. The van der Waals surface area contributed by atoms with E-state index in [0.717, 1.165) is 11.6 Å². The Hall–Kier alpha value is -12.0. The van der Waals surface area contributed by atoms with Crippen LogP contribution in [0.5, 0.6) is 23.1 Å². The molecule has 0 spiro atoms. The molecule has 0 atom stereocenters. The van der Waals surface area contributed by atoms with Crippen molar-refractivity contribution < 1.29 is 42.1 Å². The number of aromatic nitrogens is 13. The van der Waals surface area contributed by atoms with Crippen molar-refractivity contribution in [1.29, 1.82) is 0 Å². The lowest BCUT2D eigenvalue weighted by molar-refractivity contribution is -0.141. The molecule has 0 unspecified atom stereocenters. The minimum Gasteiger partial charge on any atom is -0.508 e. The molecule has 0 aliphatic rings. The molecule has 0 fully saturated rings. The van der Waals surface area contributed by atoms with Crippen molar-refractivity contribution in [2.45, 2.75) is 93.7 Å². The molecular weight excluding hydrogens is 1210 g/mol. The summed E-state index contributed by atoms with van der Waals surface area (Å²) in [4.78, 5) is 57.7. The monoisotopic (exact) mass is 1280 g/mol. The topological polar surface area (TPSA) is 274 Å². The van der Waals surface area contributed by atoms with E-state index in [0.29, 0.717) is 75.7 Å². The second-order valence-electron chi connectivity index (χ2n) is 20.7. The van der Waals surface area contributed by atoms with Gasteiger partial charge in [-0.3, -0.25) is 14.4 Å². The number of anilines is 3. The van der Waals surface area contributed by atoms with E-state index in [9.17, 15) is 32.7 Å². The van der Waals surface area contributed by atoms with Crippen molar-refractivity contribution >= 4 is 40.9 Å². The van der Waals surface area contributed by atoms with E-state index in [1.165, 1.54) is 36.4 Å². The Morgan fingerprint density at radius 2 is 0.926 bits per heavy atom. The molecule has 0 bridgehead atoms. The summed E-state index contributed by atoms with van der Waals surface area (Å²) in [7, 11) is 0. The number of amides is 3. The van der Waals surface area contributed by atoms with Gasteiger partial charge >= 0.3 is 6.18 Å². The highest BCUT2D eigenvalue weighted by Gasteiger charge is 2.33. The molecule has 0 aliphatic heterocycles. The van der Waals surface area contributed by atoms with Crippen LogP contribution in [-0.2, 0) is 12.8 Å². The Morgan fingerprint density at radius 3 is 1.34 bits per heavy atom. The van der Waals surface area contributed by atoms with Gasteiger partial charge < -0.3 is 44.2 Å². The highest BCUT2D eigenvalue weighted by molar-refractivity contribution is 6.05. The van der Waals surface area contributed by atoms with Crippen LogP contribution >= 0.6 is 0 Å². The molecule has 4 N–H and O–H groups in total. The molecule has 0 saturated heterocycles. The zero-order valence-electron chi connectivity index (χ0n) is 51.7. The molecule has 0 aliphatic carbocycles. The van der Waals surface area contributed by atoms with Gasteiger partial charge in [0.15, 0.2) is 23.2 Å². The first-order chi connectivity index (χ1) is 44.8. The molecule has 7 aromatic heterocycles. The largest absolute Gasteiger partial charge is 0.508 e. The molecule has 11 rings (SSSR count). The van der Waals surface area contributed by atoms with Crippen LogP contribution in [0.1, 0.15) is 123 Å². The number of ether oxygens (including phenoxy) is 2. The predicted octanol–water partition coefficient (Wildman–Crippen LogP) is 15.2. The number of phenolic OH excluding ortho intramolecular Hbond substituents is 1. The van der Waals surface area contributed by atoms with Gasteiger partial charge in [0.2, 0.25) is 5.88 Å². The van der Waals surface area contributed by atoms with Crippen LogP contribution in [-0.4, -0.2) is 87.1 Å². The van der Waals surface area contributed by atoms with Crippen LogP contribution in [0.4, 0.5) is 36.3 Å². The van der Waals surface area contributed by atoms with Gasteiger partial charge in [-0.15, -0.1) is 30.6 Å². The summed E-state index contributed by atoms with van der Waals surface area (Å²) in [5, 5.41) is 41.9. The fourth-order valence-electron chi connectivity index (χ4n) is 8.55. The third-order valence-electron chi connectivity index (χ3n) is 13.0. The Balaban J connectivity index is 0.000000199. The summed E-state index contributed by atoms with van der Waals surface area (Å²) in [6.45, 7) is 23.6. The van der Waals surface area contributed by atoms with E-state index < -0.39 is 23.7 Å². The van der Waals surface area contributed by atoms with E-state index in [-0.39, 0.29) is 65.9 Å². The van der Waals surface area contributed by atoms with Gasteiger partial charge in [0, 0.05) is 40.9 Å². The van der Waals surface area contributed by atoms with Crippen molar-refractivity contribution in [2.75, 3.05) is 16.0 Å². The summed E-state index contributed by atoms with van der Waals surface area (Å²) >= 11 is 0. The van der Waals surface area contributed by atoms with Gasteiger partial charge in [-0.2, -0.15) is 13.2 Å². The van der Waals surface area contributed by atoms with Crippen LogP contribution in [0, 0.1) is 6.57 Å². The highest BCUT2D eigenvalue weighted by Crippen LogP contribution is 2.34. The SMILES string of the molecule is C.CC.CC(C)n1cnnc1-c1cccc(NC(=O)c2cccc(O)c2)n1.CC(C)n1cnnc1-c1cccc(NC(=O)c2cccc(OCc3ccccc3)c2)n1.[C-]#[N+]c1cc(Oc2cccc(C(=O)Nc3cccc(-c4nncn4C(C)C)n3)c2)nc(C(F)(F)F)c1. The van der Waals surface area contributed by atoms with Crippen LogP contribution in [0.15, 0.2) is 189 Å². The number of benzene rings is 4. The molecule has 26 heteroatoms. The third kappa shape index (κ3) is 18.8. The third-order valence-corrected chi connectivity index (χ3v) is 13.0. The van der Waals surface area contributed by atoms with Crippen LogP contribution in [0.2, 0.25) is 0 Å². The number of nitrogens with zero attached hydrogens (tertiary/aromatic N) is 14. The molecule has 94 heavy (non-hydrogen) atoms. The summed E-state index contributed by atoms with van der Waals surface area (Å²) in [6, 6.07) is 46.9. The van der Waals surface area contributed by atoms with Crippen molar-refractivity contribution in [2.24, 2.45) is 0 Å². The first kappa shape index (κ1) is 69.5. The Bertz CT molecular complexity index is 4370. The lowest BCUT2D eigenvalue weighted by atomic mass is 10.2. The zero-order valence-corrected chi connectivity index (χ0v) is 51.7. The quantitative estimate of drug-likeness (QED) is 0.0617. The maximum atomic E-state index is 13.1. The van der Waals surface area contributed by atoms with Crippen molar-refractivity contribution in [3.63, 3.8) is 0 Å². The smallest absolute Gasteiger partial charge is 0.432 e. The van der Waals surface area contributed by atoms with Crippen LogP contribution in [0.25, 0.3) is 39.4 Å². The minimum absolute atomic E-state index is 0. The fraction of sp³-hybridized carbons (Fsp3) is 0.206. The van der Waals surface area contributed by atoms with Gasteiger partial charge in [0.05, 0.1) is 6.57 Å². The number of aromatic hydroxyl groups is 1. The average Bonchev–Trinajstić information content (AvgIpc) is 2.55. The summed E-state index contributed by atoms with van der Waals surface area (Å²) < 4.78 is 56.2. The van der Waals surface area contributed by atoms with Crippen molar-refractivity contribution in [3.8, 4) is 57.7 Å². The number of pyridine rings is 4. The number of phenols is 1. The predicted molar refractivity (Wildman–Crippen MR) is 350 cm³/mol. The highest BCUT2D eigenvalue weighted by atomic mass is 19.4. The lowest BCUT2D eigenvalue weighted by Gasteiger charge is -2.12. The minimum atomic E-state index is -4.75. The molecule has 23 nitrogen and oxygen atoms in total. The number of hydrogen-bond acceptors (Lipinski definition) is 16. The first-order valence-corrected chi connectivity index (χ1v) is 29.1. The molecule has 11 aromatic rings. The van der Waals surface area contributed by atoms with Gasteiger partial charge in [0.1, 0.15) is 83.1 Å². The van der Waals surface area contributed by atoms with Crippen molar-refractivity contribution in [3.05, 3.63) is 228 Å². The second kappa shape index (κ2) is 32.6. The molecule has 4 aromatic carbocycles. The van der Waals surface area contributed by atoms with Crippen molar-refractivity contribution in [1.82, 2.24) is 64.2 Å². The van der Waals surface area contributed by atoms with Gasteiger partial charge in [0.25, 0.3) is 17.7 Å². The summed E-state index contributed by atoms with van der Waals surface area (Å²) in [5.41, 5.74) is 2.33. The molecular formula is C68H68F3N17O6. The normalized spacial score (nSPS) is 10.7. The second-order valence-corrected chi connectivity index (χ2v) is 20.7. The standard InChI is InChI=1S/C24H18F3N7O2.C24H23N5O2.C17H17N5O2.C2H6.CH4/c1-14(2)34-13-29-33-22(34)18-8-5-9-20(30-18)32-23(35)15-6-4-7-17(10-15)36-21-12-16(28-3)11-19(31-21)24(25,26)27;1-17(2)29-16-25-28-23(29)21-12-7-13-22(26-21)27-24(30)19-10-6-11-20(14-19)31-15-18-8-4-3-5-9-18;1-11(2)22-10-18-21-16(22)14-7-4-8-15(19-14)20-17(24)12-5-3-6-13(23)9-12;1-2;/h4-14H,1-2H3,(H,30,32,35);3-14,16-17H,15H2,1-2H3,(H,26,27,30);3-11,23H,1-2H3,(H,19,20,24);1-2H3;1H4.